The number of methoxy groups -OCH3 is 1. The molecule has 1 amide bonds. The van der Waals surface area contributed by atoms with Crippen molar-refractivity contribution < 1.29 is 14.3 Å². The van der Waals surface area contributed by atoms with Crippen LogP contribution in [0.15, 0.2) is 24.3 Å². The molecule has 0 aromatic heterocycles. The maximum Gasteiger partial charge on any atom is 0.337 e. The predicted molar refractivity (Wildman–Crippen MR) is 80.8 cm³/mol. The third-order valence-electron chi connectivity index (χ3n) is 2.84. The summed E-state index contributed by atoms with van der Waals surface area (Å²) in [5.74, 6) is -0.728. The Labute approximate surface area is 123 Å². The van der Waals surface area contributed by atoms with E-state index < -0.39 is 5.97 Å². The molecule has 108 valence electrons. The number of nitrogens with zero attached hydrogens (tertiary/aromatic N) is 1. The maximum atomic E-state index is 12.0. The summed E-state index contributed by atoms with van der Waals surface area (Å²) in [6, 6.07) is 6.21. The fourth-order valence-corrected chi connectivity index (χ4v) is 1.99. The van der Waals surface area contributed by atoms with Crippen molar-refractivity contribution in [3.05, 3.63) is 35.4 Å². The second-order valence-corrected chi connectivity index (χ2v) is 4.39. The molecule has 0 aliphatic rings. The van der Waals surface area contributed by atoms with Gasteiger partial charge in [0.05, 0.1) is 12.7 Å². The average molecular weight is 294 g/mol. The summed E-state index contributed by atoms with van der Waals surface area (Å²) in [6.45, 7) is 5.40. The molecule has 0 spiro atoms. The van der Waals surface area contributed by atoms with Crippen LogP contribution in [0.1, 0.15) is 34.6 Å². The molecule has 0 unspecified atom stereocenters. The van der Waals surface area contributed by atoms with Crippen LogP contribution in [-0.4, -0.2) is 42.1 Å². The second kappa shape index (κ2) is 7.59. The van der Waals surface area contributed by atoms with Crippen LogP contribution in [0.5, 0.6) is 0 Å². The standard InChI is InChI=1S/C14H18N2O3S/c1-4-16(5-2)14(20)15-12(17)10-6-8-11(9-7-10)13(18)19-3/h6-9H,4-5H2,1-3H3,(H,15,17,20). The topological polar surface area (TPSA) is 58.6 Å². The third-order valence-corrected chi connectivity index (χ3v) is 3.20. The fraction of sp³-hybridized carbons (Fsp3) is 0.357. The quantitative estimate of drug-likeness (QED) is 0.678. The molecule has 0 saturated carbocycles. The van der Waals surface area contributed by atoms with Gasteiger partial charge < -0.3 is 9.64 Å². The number of esters is 1. The summed E-state index contributed by atoms with van der Waals surface area (Å²) >= 11 is 5.16. The number of hydrogen-bond donors (Lipinski definition) is 1. The van der Waals surface area contributed by atoms with Gasteiger partial charge >= 0.3 is 5.97 Å². The Morgan fingerprint density at radius 3 is 2.10 bits per heavy atom. The number of hydrogen-bond acceptors (Lipinski definition) is 4. The highest BCUT2D eigenvalue weighted by Gasteiger charge is 2.12. The van der Waals surface area contributed by atoms with Crippen molar-refractivity contribution in [2.24, 2.45) is 0 Å². The van der Waals surface area contributed by atoms with E-state index in [4.69, 9.17) is 12.2 Å². The molecule has 1 N–H and O–H groups in total. The summed E-state index contributed by atoms with van der Waals surface area (Å²) in [5, 5.41) is 3.06. The number of rotatable bonds is 4. The lowest BCUT2D eigenvalue weighted by molar-refractivity contribution is 0.0600. The molecule has 0 atom stereocenters. The number of carbonyl (C=O) groups is 2. The zero-order valence-electron chi connectivity index (χ0n) is 11.8. The van der Waals surface area contributed by atoms with Crippen molar-refractivity contribution >= 4 is 29.2 Å². The molecule has 0 heterocycles. The largest absolute Gasteiger partial charge is 0.465 e. The molecule has 0 aliphatic carbocycles. The van der Waals surface area contributed by atoms with E-state index in [0.717, 1.165) is 13.1 Å². The zero-order valence-corrected chi connectivity index (χ0v) is 12.6. The van der Waals surface area contributed by atoms with Gasteiger partial charge in [0, 0.05) is 18.7 Å². The van der Waals surface area contributed by atoms with Crippen molar-refractivity contribution in [3.63, 3.8) is 0 Å². The molecule has 0 radical (unpaired) electrons. The second-order valence-electron chi connectivity index (χ2n) is 4.00. The summed E-state index contributed by atoms with van der Waals surface area (Å²) in [4.78, 5) is 25.2. The first-order valence-electron chi connectivity index (χ1n) is 6.32. The minimum Gasteiger partial charge on any atom is -0.465 e. The van der Waals surface area contributed by atoms with E-state index in [1.54, 1.807) is 24.3 Å². The van der Waals surface area contributed by atoms with E-state index in [2.05, 4.69) is 10.1 Å². The lowest BCUT2D eigenvalue weighted by Gasteiger charge is -2.21. The normalized spacial score (nSPS) is 9.75. The van der Waals surface area contributed by atoms with Crippen LogP contribution >= 0.6 is 12.2 Å². The first kappa shape index (κ1) is 16.1. The lowest BCUT2D eigenvalue weighted by Crippen LogP contribution is -2.42. The van der Waals surface area contributed by atoms with E-state index in [9.17, 15) is 9.59 Å². The van der Waals surface area contributed by atoms with Crippen LogP contribution in [0.4, 0.5) is 0 Å². The number of carbonyl (C=O) groups excluding carboxylic acids is 2. The highest BCUT2D eigenvalue weighted by Crippen LogP contribution is 2.06. The average Bonchev–Trinajstić information content (AvgIpc) is 2.47. The first-order valence-corrected chi connectivity index (χ1v) is 6.72. The van der Waals surface area contributed by atoms with Gasteiger partial charge in [-0.05, 0) is 50.3 Å². The number of benzene rings is 1. The minimum atomic E-state index is -0.435. The van der Waals surface area contributed by atoms with Crippen molar-refractivity contribution in [1.82, 2.24) is 10.2 Å². The molecule has 0 fully saturated rings. The molecule has 5 nitrogen and oxygen atoms in total. The lowest BCUT2D eigenvalue weighted by atomic mass is 10.1. The van der Waals surface area contributed by atoms with Gasteiger partial charge in [-0.2, -0.15) is 0 Å². The monoisotopic (exact) mass is 294 g/mol. The van der Waals surface area contributed by atoms with Crippen LogP contribution in [0, 0.1) is 0 Å². The van der Waals surface area contributed by atoms with Crippen LogP contribution in [0.25, 0.3) is 0 Å². The van der Waals surface area contributed by atoms with Gasteiger partial charge in [0.2, 0.25) is 0 Å². The molecule has 1 aromatic rings. The number of nitrogens with one attached hydrogen (secondary N) is 1. The molecule has 1 aromatic carbocycles. The van der Waals surface area contributed by atoms with Gasteiger partial charge in [-0.1, -0.05) is 0 Å². The Morgan fingerprint density at radius 1 is 1.15 bits per heavy atom. The summed E-state index contributed by atoms with van der Waals surface area (Å²) in [6.07, 6.45) is 0. The summed E-state index contributed by atoms with van der Waals surface area (Å²) < 4.78 is 4.59. The minimum absolute atomic E-state index is 0.293. The highest BCUT2D eigenvalue weighted by molar-refractivity contribution is 7.80. The van der Waals surface area contributed by atoms with Crippen molar-refractivity contribution in [2.75, 3.05) is 20.2 Å². The SMILES string of the molecule is CCN(CC)C(=S)NC(=O)c1ccc(C(=O)OC)cc1. The smallest absolute Gasteiger partial charge is 0.337 e. The number of thiocarbonyl (C=S) groups is 1. The van der Waals surface area contributed by atoms with Crippen molar-refractivity contribution in [3.8, 4) is 0 Å². The van der Waals surface area contributed by atoms with Gasteiger partial charge in [0.25, 0.3) is 5.91 Å². The van der Waals surface area contributed by atoms with Crippen LogP contribution in [0.3, 0.4) is 0 Å². The number of amides is 1. The van der Waals surface area contributed by atoms with Crippen LogP contribution in [0.2, 0.25) is 0 Å². The van der Waals surface area contributed by atoms with Crippen molar-refractivity contribution in [2.45, 2.75) is 13.8 Å². The fourth-order valence-electron chi connectivity index (χ4n) is 1.63. The van der Waals surface area contributed by atoms with Gasteiger partial charge in [0.1, 0.15) is 0 Å². The molecule has 0 aliphatic heterocycles. The number of ether oxygens (including phenoxy) is 1. The highest BCUT2D eigenvalue weighted by atomic mass is 32.1. The zero-order chi connectivity index (χ0) is 15.1. The molecule has 20 heavy (non-hydrogen) atoms. The van der Waals surface area contributed by atoms with Gasteiger partial charge in [-0.15, -0.1) is 0 Å². The van der Waals surface area contributed by atoms with E-state index in [-0.39, 0.29) is 5.91 Å². The molecular weight excluding hydrogens is 276 g/mol. The third kappa shape index (κ3) is 4.03. The van der Waals surface area contributed by atoms with Crippen molar-refractivity contribution in [1.29, 1.82) is 0 Å². The van der Waals surface area contributed by atoms with Gasteiger partial charge in [-0.3, -0.25) is 10.1 Å². The van der Waals surface area contributed by atoms with E-state index in [1.165, 1.54) is 7.11 Å². The maximum absolute atomic E-state index is 12.0. The molecule has 0 bridgehead atoms. The Bertz CT molecular complexity index is 496. The van der Waals surface area contributed by atoms with Crippen LogP contribution in [-0.2, 0) is 4.74 Å². The molecule has 6 heteroatoms. The Balaban J connectivity index is 2.73. The van der Waals surface area contributed by atoms with E-state index >= 15 is 0 Å². The van der Waals surface area contributed by atoms with Gasteiger partial charge in [0.15, 0.2) is 5.11 Å². The summed E-state index contributed by atoms with van der Waals surface area (Å²) in [5.41, 5.74) is 0.836. The molecular formula is C14H18N2O3S. The predicted octanol–water partition coefficient (Wildman–Crippen LogP) is 1.83. The van der Waals surface area contributed by atoms with Crippen LogP contribution < -0.4 is 5.32 Å². The Kier molecular flexibility index (Phi) is 6.11. The van der Waals surface area contributed by atoms with E-state index in [1.807, 2.05) is 18.7 Å². The molecule has 0 saturated heterocycles. The first-order chi connectivity index (χ1) is 9.53. The van der Waals surface area contributed by atoms with E-state index in [0.29, 0.717) is 16.2 Å². The molecule has 1 rings (SSSR count). The summed E-state index contributed by atoms with van der Waals surface area (Å²) in [7, 11) is 1.31. The van der Waals surface area contributed by atoms with Gasteiger partial charge in [-0.25, -0.2) is 4.79 Å². The Hall–Kier alpha value is -1.95. The Morgan fingerprint density at radius 2 is 1.65 bits per heavy atom.